The van der Waals surface area contributed by atoms with Gasteiger partial charge >= 0.3 is 0 Å². The number of hydrogen-bond acceptors (Lipinski definition) is 4. The van der Waals surface area contributed by atoms with Gasteiger partial charge in [0, 0.05) is 18.0 Å². The predicted molar refractivity (Wildman–Crippen MR) is 64.4 cm³/mol. The fourth-order valence-electron chi connectivity index (χ4n) is 1.76. The SMILES string of the molecule is c1sc(CNC2CC2)nc1COC1CCC1. The molecule has 3 rings (SSSR count). The monoisotopic (exact) mass is 238 g/mol. The lowest BCUT2D eigenvalue weighted by atomic mass is 9.96. The summed E-state index contributed by atoms with van der Waals surface area (Å²) in [4.78, 5) is 4.57. The van der Waals surface area contributed by atoms with E-state index in [1.807, 2.05) is 0 Å². The quantitative estimate of drug-likeness (QED) is 0.826. The molecule has 0 unspecified atom stereocenters. The Labute approximate surface area is 100 Å². The van der Waals surface area contributed by atoms with Crippen LogP contribution in [0.2, 0.25) is 0 Å². The van der Waals surface area contributed by atoms with E-state index in [0.29, 0.717) is 12.7 Å². The van der Waals surface area contributed by atoms with E-state index < -0.39 is 0 Å². The Hall–Kier alpha value is -0.450. The van der Waals surface area contributed by atoms with E-state index in [9.17, 15) is 0 Å². The summed E-state index contributed by atoms with van der Waals surface area (Å²) in [6.07, 6.45) is 6.99. The maximum Gasteiger partial charge on any atom is 0.107 e. The fourth-order valence-corrected chi connectivity index (χ4v) is 2.49. The van der Waals surface area contributed by atoms with Gasteiger partial charge in [-0.2, -0.15) is 0 Å². The minimum Gasteiger partial charge on any atom is -0.372 e. The number of nitrogens with zero attached hydrogens (tertiary/aromatic N) is 1. The molecule has 0 amide bonds. The second kappa shape index (κ2) is 4.82. The van der Waals surface area contributed by atoms with Crippen LogP contribution in [0.3, 0.4) is 0 Å². The van der Waals surface area contributed by atoms with Gasteiger partial charge in [0.05, 0.1) is 18.4 Å². The van der Waals surface area contributed by atoms with Gasteiger partial charge < -0.3 is 10.1 Å². The Morgan fingerprint density at radius 1 is 1.38 bits per heavy atom. The van der Waals surface area contributed by atoms with E-state index in [-0.39, 0.29) is 0 Å². The van der Waals surface area contributed by atoms with Gasteiger partial charge in [-0.3, -0.25) is 0 Å². The van der Waals surface area contributed by atoms with E-state index in [4.69, 9.17) is 4.74 Å². The maximum atomic E-state index is 5.74. The van der Waals surface area contributed by atoms with Gasteiger partial charge in [0.25, 0.3) is 0 Å². The Kier molecular flexibility index (Phi) is 3.22. The molecular formula is C12H18N2OS. The topological polar surface area (TPSA) is 34.2 Å². The second-order valence-electron chi connectivity index (χ2n) is 4.75. The Balaban J connectivity index is 1.43. The van der Waals surface area contributed by atoms with Gasteiger partial charge in [-0.15, -0.1) is 11.3 Å². The Morgan fingerprint density at radius 2 is 2.25 bits per heavy atom. The van der Waals surface area contributed by atoms with E-state index in [1.165, 1.54) is 37.1 Å². The van der Waals surface area contributed by atoms with Crippen molar-refractivity contribution in [3.05, 3.63) is 16.1 Å². The van der Waals surface area contributed by atoms with Crippen molar-refractivity contribution < 1.29 is 4.74 Å². The normalized spacial score (nSPS) is 21.0. The summed E-state index contributed by atoms with van der Waals surface area (Å²) in [5, 5.41) is 6.80. The summed E-state index contributed by atoms with van der Waals surface area (Å²) >= 11 is 1.74. The second-order valence-corrected chi connectivity index (χ2v) is 5.69. The van der Waals surface area contributed by atoms with Crippen molar-refractivity contribution in [2.24, 2.45) is 0 Å². The summed E-state index contributed by atoms with van der Waals surface area (Å²) in [5.74, 6) is 0. The van der Waals surface area contributed by atoms with Crippen molar-refractivity contribution in [2.75, 3.05) is 0 Å². The van der Waals surface area contributed by atoms with Gasteiger partial charge in [0.15, 0.2) is 0 Å². The van der Waals surface area contributed by atoms with Crippen LogP contribution in [0.5, 0.6) is 0 Å². The zero-order chi connectivity index (χ0) is 10.8. The van der Waals surface area contributed by atoms with Crippen molar-refractivity contribution in [2.45, 2.75) is 57.4 Å². The first-order chi connectivity index (χ1) is 7.90. The summed E-state index contributed by atoms with van der Waals surface area (Å²) < 4.78 is 5.74. The molecular weight excluding hydrogens is 220 g/mol. The molecule has 0 bridgehead atoms. The third-order valence-electron chi connectivity index (χ3n) is 3.24. The molecule has 2 aliphatic carbocycles. The third kappa shape index (κ3) is 2.81. The fraction of sp³-hybridized carbons (Fsp3) is 0.750. The molecule has 2 aliphatic rings. The molecule has 1 N–H and O–H groups in total. The summed E-state index contributed by atoms with van der Waals surface area (Å²) in [6.45, 7) is 1.63. The van der Waals surface area contributed by atoms with E-state index in [0.717, 1.165) is 18.3 Å². The molecule has 0 radical (unpaired) electrons. The average Bonchev–Trinajstić information content (AvgIpc) is 2.94. The van der Waals surface area contributed by atoms with Crippen LogP contribution in [0, 0.1) is 0 Å². The molecule has 2 fully saturated rings. The smallest absolute Gasteiger partial charge is 0.107 e. The van der Waals surface area contributed by atoms with Crippen LogP contribution < -0.4 is 5.32 Å². The highest BCUT2D eigenvalue weighted by Gasteiger charge is 2.21. The lowest BCUT2D eigenvalue weighted by Gasteiger charge is -2.24. The molecule has 4 heteroatoms. The summed E-state index contributed by atoms with van der Waals surface area (Å²) in [6, 6.07) is 0.763. The van der Waals surface area contributed by atoms with Gasteiger partial charge in [-0.1, -0.05) is 0 Å². The summed E-state index contributed by atoms with van der Waals surface area (Å²) in [5.41, 5.74) is 1.10. The number of ether oxygens (including phenoxy) is 1. The third-order valence-corrected chi connectivity index (χ3v) is 4.14. The zero-order valence-corrected chi connectivity index (χ0v) is 10.3. The molecule has 16 heavy (non-hydrogen) atoms. The van der Waals surface area contributed by atoms with Crippen LogP contribution in [0.4, 0.5) is 0 Å². The average molecular weight is 238 g/mol. The minimum absolute atomic E-state index is 0.509. The molecule has 3 nitrogen and oxygen atoms in total. The number of aromatic nitrogens is 1. The van der Waals surface area contributed by atoms with E-state index in [2.05, 4.69) is 15.7 Å². The molecule has 1 heterocycles. The van der Waals surface area contributed by atoms with E-state index >= 15 is 0 Å². The van der Waals surface area contributed by atoms with Crippen molar-refractivity contribution in [1.29, 1.82) is 0 Å². The van der Waals surface area contributed by atoms with Crippen molar-refractivity contribution in [1.82, 2.24) is 10.3 Å². The lowest BCUT2D eigenvalue weighted by molar-refractivity contribution is -0.00993. The molecule has 2 saturated carbocycles. The molecule has 0 atom stereocenters. The Morgan fingerprint density at radius 3 is 2.94 bits per heavy atom. The number of thiazole rings is 1. The van der Waals surface area contributed by atoms with Crippen molar-refractivity contribution in [3.8, 4) is 0 Å². The molecule has 0 aromatic carbocycles. The molecule has 88 valence electrons. The van der Waals surface area contributed by atoms with Crippen molar-refractivity contribution in [3.63, 3.8) is 0 Å². The lowest BCUT2D eigenvalue weighted by Crippen LogP contribution is -2.21. The highest BCUT2D eigenvalue weighted by atomic mass is 32.1. The van der Waals surface area contributed by atoms with Crippen LogP contribution in [0.25, 0.3) is 0 Å². The number of nitrogens with one attached hydrogen (secondary N) is 1. The Bertz CT molecular complexity index is 345. The van der Waals surface area contributed by atoms with Crippen LogP contribution in [0.15, 0.2) is 5.38 Å². The highest BCUT2D eigenvalue weighted by Crippen LogP contribution is 2.24. The van der Waals surface area contributed by atoms with Gasteiger partial charge in [0.2, 0.25) is 0 Å². The number of hydrogen-bond donors (Lipinski definition) is 1. The molecule has 0 aliphatic heterocycles. The highest BCUT2D eigenvalue weighted by molar-refractivity contribution is 7.09. The van der Waals surface area contributed by atoms with Gasteiger partial charge in [-0.05, 0) is 32.1 Å². The largest absolute Gasteiger partial charge is 0.372 e. The van der Waals surface area contributed by atoms with Crippen LogP contribution >= 0.6 is 11.3 Å². The van der Waals surface area contributed by atoms with Crippen molar-refractivity contribution >= 4 is 11.3 Å². The molecule has 1 aromatic rings. The first-order valence-corrected chi connectivity index (χ1v) is 7.06. The predicted octanol–water partition coefficient (Wildman–Crippen LogP) is 2.46. The van der Waals surface area contributed by atoms with Crippen LogP contribution in [-0.2, 0) is 17.9 Å². The first kappa shape index (κ1) is 10.7. The summed E-state index contributed by atoms with van der Waals surface area (Å²) in [7, 11) is 0. The van der Waals surface area contributed by atoms with Gasteiger partial charge in [0.1, 0.15) is 5.01 Å². The molecule has 1 aromatic heterocycles. The van der Waals surface area contributed by atoms with Gasteiger partial charge in [-0.25, -0.2) is 4.98 Å². The molecule has 0 saturated heterocycles. The van der Waals surface area contributed by atoms with E-state index in [1.54, 1.807) is 11.3 Å². The standard InChI is InChI=1S/C12H18N2OS/c1-2-11(3-1)15-7-10-8-16-12(14-10)6-13-9-4-5-9/h8-9,11,13H,1-7H2. The molecule has 0 spiro atoms. The van der Waals surface area contributed by atoms with Crippen LogP contribution in [0.1, 0.15) is 42.8 Å². The zero-order valence-electron chi connectivity index (χ0n) is 9.45. The van der Waals surface area contributed by atoms with Crippen LogP contribution in [-0.4, -0.2) is 17.1 Å². The maximum absolute atomic E-state index is 5.74. The minimum atomic E-state index is 0.509. The number of rotatable bonds is 6. The first-order valence-electron chi connectivity index (χ1n) is 6.18.